The number of rotatable bonds is 6. The number of carbonyl (C=O) groups is 2. The standard InChI is InChI=1S/C23H22BrN3O4/c24-17-4-1-5-19(13-17)30-15-20-6-7-21(31-20)23(29)27-11-8-18(9-12-27)26-22(28)16-3-2-10-25-14-16/h1-7,10,13-14,18H,8-9,11-12,15H2,(H,26,28). The van der Waals surface area contributed by atoms with E-state index in [1.54, 1.807) is 41.6 Å². The van der Waals surface area contributed by atoms with E-state index < -0.39 is 0 Å². The van der Waals surface area contributed by atoms with Gasteiger partial charge in [-0.1, -0.05) is 22.0 Å². The van der Waals surface area contributed by atoms with Gasteiger partial charge >= 0.3 is 0 Å². The van der Waals surface area contributed by atoms with Gasteiger partial charge in [-0.2, -0.15) is 0 Å². The maximum absolute atomic E-state index is 12.8. The van der Waals surface area contributed by atoms with Crippen molar-refractivity contribution in [3.63, 3.8) is 0 Å². The lowest BCUT2D eigenvalue weighted by atomic mass is 10.0. The second-order valence-electron chi connectivity index (χ2n) is 7.29. The highest BCUT2D eigenvalue weighted by molar-refractivity contribution is 9.10. The summed E-state index contributed by atoms with van der Waals surface area (Å²) >= 11 is 3.41. The number of amides is 2. The summed E-state index contributed by atoms with van der Waals surface area (Å²) in [6.45, 7) is 1.36. The Hall–Kier alpha value is -3.13. The van der Waals surface area contributed by atoms with Crippen LogP contribution in [0.5, 0.6) is 5.75 Å². The number of benzene rings is 1. The number of aromatic nitrogens is 1. The van der Waals surface area contributed by atoms with E-state index in [4.69, 9.17) is 9.15 Å². The lowest BCUT2D eigenvalue weighted by molar-refractivity contribution is 0.0663. The first-order valence-electron chi connectivity index (χ1n) is 10.1. The summed E-state index contributed by atoms with van der Waals surface area (Å²) < 4.78 is 12.3. The number of hydrogen-bond donors (Lipinski definition) is 1. The average Bonchev–Trinajstić information content (AvgIpc) is 3.27. The number of pyridine rings is 1. The number of carbonyl (C=O) groups excluding carboxylic acids is 2. The van der Waals surface area contributed by atoms with Crippen molar-refractivity contribution in [1.29, 1.82) is 0 Å². The van der Waals surface area contributed by atoms with Crippen LogP contribution in [0.25, 0.3) is 0 Å². The minimum Gasteiger partial charge on any atom is -0.486 e. The van der Waals surface area contributed by atoms with E-state index in [9.17, 15) is 9.59 Å². The molecule has 1 saturated heterocycles. The predicted molar refractivity (Wildman–Crippen MR) is 118 cm³/mol. The number of halogens is 1. The minimum atomic E-state index is -0.147. The van der Waals surface area contributed by atoms with Crippen LogP contribution >= 0.6 is 15.9 Å². The third kappa shape index (κ3) is 5.52. The van der Waals surface area contributed by atoms with Gasteiger partial charge in [0.2, 0.25) is 0 Å². The zero-order valence-electron chi connectivity index (χ0n) is 16.8. The molecule has 1 fully saturated rings. The Labute approximate surface area is 188 Å². The Morgan fingerprint density at radius 1 is 1.16 bits per heavy atom. The maximum Gasteiger partial charge on any atom is 0.289 e. The van der Waals surface area contributed by atoms with Crippen molar-refractivity contribution < 1.29 is 18.7 Å². The van der Waals surface area contributed by atoms with Gasteiger partial charge < -0.3 is 19.4 Å². The Morgan fingerprint density at radius 3 is 2.74 bits per heavy atom. The molecule has 0 radical (unpaired) electrons. The number of nitrogens with one attached hydrogen (secondary N) is 1. The van der Waals surface area contributed by atoms with Crippen molar-refractivity contribution >= 4 is 27.7 Å². The first kappa shape index (κ1) is 21.1. The van der Waals surface area contributed by atoms with Crippen LogP contribution in [-0.4, -0.2) is 40.8 Å². The quantitative estimate of drug-likeness (QED) is 0.571. The molecule has 0 atom stereocenters. The van der Waals surface area contributed by atoms with Crippen molar-refractivity contribution in [1.82, 2.24) is 15.2 Å². The highest BCUT2D eigenvalue weighted by Crippen LogP contribution is 2.20. The van der Waals surface area contributed by atoms with Crippen LogP contribution in [0.15, 0.2) is 69.8 Å². The fourth-order valence-corrected chi connectivity index (χ4v) is 3.81. The molecule has 0 aliphatic carbocycles. The number of piperidine rings is 1. The largest absolute Gasteiger partial charge is 0.486 e. The van der Waals surface area contributed by atoms with Gasteiger partial charge in [-0.3, -0.25) is 14.6 Å². The average molecular weight is 484 g/mol. The molecule has 3 aromatic rings. The van der Waals surface area contributed by atoms with Gasteiger partial charge in [-0.25, -0.2) is 0 Å². The molecule has 0 unspecified atom stereocenters. The van der Waals surface area contributed by atoms with E-state index in [-0.39, 0.29) is 24.5 Å². The lowest BCUT2D eigenvalue weighted by Gasteiger charge is -2.31. The molecular weight excluding hydrogens is 462 g/mol. The predicted octanol–water partition coefficient (Wildman–Crippen LogP) is 4.05. The van der Waals surface area contributed by atoms with Crippen LogP contribution in [0, 0.1) is 0 Å². The van der Waals surface area contributed by atoms with E-state index in [0.717, 1.165) is 4.47 Å². The molecule has 31 heavy (non-hydrogen) atoms. The normalized spacial score (nSPS) is 14.3. The molecule has 0 bridgehead atoms. The van der Waals surface area contributed by atoms with Crippen molar-refractivity contribution in [2.24, 2.45) is 0 Å². The Kier molecular flexibility index (Phi) is 6.66. The zero-order valence-corrected chi connectivity index (χ0v) is 18.4. The zero-order chi connectivity index (χ0) is 21.6. The lowest BCUT2D eigenvalue weighted by Crippen LogP contribution is -2.46. The van der Waals surface area contributed by atoms with Gasteiger partial charge in [-0.05, 0) is 55.3 Å². The summed E-state index contributed by atoms with van der Waals surface area (Å²) in [4.78, 5) is 30.8. The second-order valence-corrected chi connectivity index (χ2v) is 8.21. The number of furan rings is 1. The van der Waals surface area contributed by atoms with Crippen LogP contribution in [-0.2, 0) is 6.61 Å². The topological polar surface area (TPSA) is 84.7 Å². The number of hydrogen-bond acceptors (Lipinski definition) is 5. The summed E-state index contributed by atoms with van der Waals surface area (Å²) in [6.07, 6.45) is 4.56. The second kappa shape index (κ2) is 9.78. The van der Waals surface area contributed by atoms with E-state index in [1.165, 1.54) is 0 Å². The van der Waals surface area contributed by atoms with Crippen LogP contribution in [0.3, 0.4) is 0 Å². The molecule has 1 aromatic carbocycles. The van der Waals surface area contributed by atoms with Crippen molar-refractivity contribution in [2.45, 2.75) is 25.5 Å². The van der Waals surface area contributed by atoms with E-state index in [2.05, 4.69) is 26.2 Å². The molecule has 8 heteroatoms. The molecule has 0 saturated carbocycles. The summed E-state index contributed by atoms with van der Waals surface area (Å²) in [6, 6.07) is 14.5. The summed E-state index contributed by atoms with van der Waals surface area (Å²) in [7, 11) is 0. The Bertz CT molecular complexity index is 1050. The monoisotopic (exact) mass is 483 g/mol. The summed E-state index contributed by atoms with van der Waals surface area (Å²) in [5, 5.41) is 3.01. The number of nitrogens with zero attached hydrogens (tertiary/aromatic N) is 2. The van der Waals surface area contributed by atoms with Gasteiger partial charge in [0.15, 0.2) is 5.76 Å². The Morgan fingerprint density at radius 2 is 2.00 bits per heavy atom. The van der Waals surface area contributed by atoms with Gasteiger partial charge in [-0.15, -0.1) is 0 Å². The number of ether oxygens (including phenoxy) is 1. The fourth-order valence-electron chi connectivity index (χ4n) is 3.43. The number of likely N-dealkylation sites (tertiary alicyclic amines) is 1. The summed E-state index contributed by atoms with van der Waals surface area (Å²) in [5.41, 5.74) is 0.536. The van der Waals surface area contributed by atoms with Crippen LogP contribution < -0.4 is 10.1 Å². The minimum absolute atomic E-state index is 0.0301. The fraction of sp³-hybridized carbons (Fsp3) is 0.261. The molecule has 1 aliphatic heterocycles. The molecule has 3 heterocycles. The van der Waals surface area contributed by atoms with Crippen LogP contribution in [0.4, 0.5) is 0 Å². The highest BCUT2D eigenvalue weighted by atomic mass is 79.9. The molecule has 4 rings (SSSR count). The molecular formula is C23H22BrN3O4. The van der Waals surface area contributed by atoms with E-state index in [1.807, 2.05) is 24.3 Å². The van der Waals surface area contributed by atoms with E-state index in [0.29, 0.717) is 48.8 Å². The molecule has 1 N–H and O–H groups in total. The van der Waals surface area contributed by atoms with Gasteiger partial charge in [0.05, 0.1) is 5.56 Å². The SMILES string of the molecule is O=C(NC1CCN(C(=O)c2ccc(COc3cccc(Br)c3)o2)CC1)c1cccnc1. The highest BCUT2D eigenvalue weighted by Gasteiger charge is 2.26. The van der Waals surface area contributed by atoms with Crippen LogP contribution in [0.1, 0.15) is 39.5 Å². The molecule has 2 aromatic heterocycles. The summed E-state index contributed by atoms with van der Waals surface area (Å²) in [5.74, 6) is 1.31. The first-order valence-corrected chi connectivity index (χ1v) is 10.8. The van der Waals surface area contributed by atoms with Crippen molar-refractivity contribution in [3.8, 4) is 5.75 Å². The van der Waals surface area contributed by atoms with Gasteiger partial charge in [0.25, 0.3) is 11.8 Å². The maximum atomic E-state index is 12.8. The third-order valence-corrected chi connectivity index (χ3v) is 5.58. The molecule has 0 spiro atoms. The van der Waals surface area contributed by atoms with E-state index >= 15 is 0 Å². The molecule has 7 nitrogen and oxygen atoms in total. The van der Waals surface area contributed by atoms with Gasteiger partial charge in [0, 0.05) is 36.0 Å². The first-order chi connectivity index (χ1) is 15.1. The van der Waals surface area contributed by atoms with Crippen molar-refractivity contribution in [3.05, 3.63) is 82.5 Å². The van der Waals surface area contributed by atoms with Crippen molar-refractivity contribution in [2.75, 3.05) is 13.1 Å². The third-order valence-electron chi connectivity index (χ3n) is 5.09. The van der Waals surface area contributed by atoms with Crippen LogP contribution in [0.2, 0.25) is 0 Å². The van der Waals surface area contributed by atoms with Gasteiger partial charge in [0.1, 0.15) is 18.1 Å². The molecule has 2 amide bonds. The smallest absolute Gasteiger partial charge is 0.289 e. The molecule has 160 valence electrons. The Balaban J connectivity index is 1.26. The molecule has 1 aliphatic rings.